The molecule has 1 heterocycles. The zero-order valence-corrected chi connectivity index (χ0v) is 11.4. The monoisotopic (exact) mass is 251 g/mol. The van der Waals surface area contributed by atoms with Gasteiger partial charge in [0.25, 0.3) is 0 Å². The summed E-state index contributed by atoms with van der Waals surface area (Å²) in [6.45, 7) is 6.23. The van der Waals surface area contributed by atoms with Gasteiger partial charge >= 0.3 is 0 Å². The lowest BCUT2D eigenvalue weighted by Crippen LogP contribution is -2.47. The predicted molar refractivity (Wildman–Crippen MR) is 73.4 cm³/mol. The highest BCUT2D eigenvalue weighted by Crippen LogP contribution is 2.19. The van der Waals surface area contributed by atoms with E-state index in [9.17, 15) is 4.79 Å². The van der Waals surface area contributed by atoms with E-state index in [0.29, 0.717) is 5.91 Å². The number of hydrogen-bond donors (Lipinski definition) is 1. The van der Waals surface area contributed by atoms with Gasteiger partial charge in [0.15, 0.2) is 0 Å². The van der Waals surface area contributed by atoms with Crippen molar-refractivity contribution in [2.45, 2.75) is 19.3 Å². The number of likely N-dealkylation sites (N-methyl/N-ethyl adjacent to an activating group) is 1. The van der Waals surface area contributed by atoms with Gasteiger partial charge in [-0.2, -0.15) is 0 Å². The minimum absolute atomic E-state index is 0.225. The topological polar surface area (TPSA) is 35.6 Å². The number of amides is 1. The summed E-state index contributed by atoms with van der Waals surface area (Å²) in [5.41, 5.74) is 0. The van der Waals surface area contributed by atoms with Crippen molar-refractivity contribution < 1.29 is 4.79 Å². The number of carbonyl (C=O) groups excluding carboxylic acids is 1. The van der Waals surface area contributed by atoms with Crippen LogP contribution >= 0.6 is 0 Å². The quantitative estimate of drug-likeness (QED) is 0.747. The van der Waals surface area contributed by atoms with Crippen LogP contribution in [0.25, 0.3) is 0 Å². The van der Waals surface area contributed by atoms with Crippen molar-refractivity contribution in [3.8, 4) is 0 Å². The molecule has 2 rings (SSSR count). The average molecular weight is 251 g/mol. The Morgan fingerprint density at radius 1 is 1.39 bits per heavy atom. The number of piperazine rings is 1. The maximum atomic E-state index is 12.2. The summed E-state index contributed by atoms with van der Waals surface area (Å²) in [5, 5.41) is 3.35. The van der Waals surface area contributed by atoms with Crippen LogP contribution < -0.4 is 5.32 Å². The van der Waals surface area contributed by atoms with E-state index in [2.05, 4.69) is 22.4 Å². The molecule has 0 aromatic carbocycles. The third-order valence-electron chi connectivity index (χ3n) is 3.96. The lowest BCUT2D eigenvalue weighted by Gasteiger charge is -2.30. The first-order chi connectivity index (χ1) is 8.77. The highest BCUT2D eigenvalue weighted by Gasteiger charge is 2.22. The van der Waals surface area contributed by atoms with E-state index >= 15 is 0 Å². The van der Waals surface area contributed by atoms with Gasteiger partial charge in [0, 0.05) is 52.2 Å². The van der Waals surface area contributed by atoms with E-state index in [4.69, 9.17) is 0 Å². The summed E-state index contributed by atoms with van der Waals surface area (Å²) < 4.78 is 0. The number of allylic oxidation sites excluding steroid dienone is 2. The van der Waals surface area contributed by atoms with Crippen molar-refractivity contribution in [2.75, 3.05) is 46.3 Å². The van der Waals surface area contributed by atoms with E-state index < -0.39 is 0 Å². The van der Waals surface area contributed by atoms with Crippen molar-refractivity contribution in [3.63, 3.8) is 0 Å². The normalized spacial score (nSPS) is 25.1. The Hall–Kier alpha value is -0.870. The van der Waals surface area contributed by atoms with Crippen LogP contribution in [-0.2, 0) is 4.79 Å². The third kappa shape index (κ3) is 3.82. The fourth-order valence-electron chi connectivity index (χ4n) is 2.67. The van der Waals surface area contributed by atoms with Crippen LogP contribution in [0, 0.1) is 5.92 Å². The van der Waals surface area contributed by atoms with E-state index in [1.807, 2.05) is 11.9 Å². The van der Waals surface area contributed by atoms with E-state index in [-0.39, 0.29) is 5.92 Å². The fraction of sp³-hybridized carbons (Fsp3) is 0.786. The third-order valence-corrected chi connectivity index (χ3v) is 3.96. The van der Waals surface area contributed by atoms with Crippen LogP contribution in [0.15, 0.2) is 12.2 Å². The molecular weight excluding hydrogens is 226 g/mol. The largest absolute Gasteiger partial charge is 0.344 e. The predicted octanol–water partition coefficient (Wildman–Crippen LogP) is 0.706. The second-order valence-corrected chi connectivity index (χ2v) is 5.33. The minimum atomic E-state index is 0.225. The number of rotatable bonds is 4. The second kappa shape index (κ2) is 6.90. The van der Waals surface area contributed by atoms with Crippen molar-refractivity contribution >= 4 is 5.91 Å². The number of nitrogens with one attached hydrogen (secondary N) is 1. The number of nitrogens with zero attached hydrogens (tertiary/aromatic N) is 2. The van der Waals surface area contributed by atoms with E-state index in [0.717, 1.165) is 58.5 Å². The lowest BCUT2D eigenvalue weighted by atomic mass is 9.93. The molecule has 102 valence electrons. The first-order valence-corrected chi connectivity index (χ1v) is 7.10. The molecule has 0 radical (unpaired) electrons. The summed E-state index contributed by atoms with van der Waals surface area (Å²) in [7, 11) is 1.95. The van der Waals surface area contributed by atoms with Crippen LogP contribution in [0.5, 0.6) is 0 Å². The molecule has 1 atom stereocenters. The fourth-order valence-corrected chi connectivity index (χ4v) is 2.67. The number of hydrogen-bond acceptors (Lipinski definition) is 3. The molecule has 1 N–H and O–H groups in total. The second-order valence-electron chi connectivity index (χ2n) is 5.33. The molecule has 1 amide bonds. The van der Waals surface area contributed by atoms with Crippen LogP contribution in [-0.4, -0.2) is 62.0 Å². The molecule has 1 aliphatic heterocycles. The van der Waals surface area contributed by atoms with Crippen LogP contribution in [0.3, 0.4) is 0 Å². The summed E-state index contributed by atoms with van der Waals surface area (Å²) in [6, 6.07) is 0. The molecule has 1 fully saturated rings. The van der Waals surface area contributed by atoms with Crippen LogP contribution in [0.2, 0.25) is 0 Å². The van der Waals surface area contributed by atoms with Gasteiger partial charge in [0.1, 0.15) is 0 Å². The molecule has 1 saturated heterocycles. The zero-order chi connectivity index (χ0) is 12.8. The molecule has 0 aromatic rings. The van der Waals surface area contributed by atoms with Crippen LogP contribution in [0.4, 0.5) is 0 Å². The summed E-state index contributed by atoms with van der Waals surface area (Å²) in [6.07, 6.45) is 7.34. The van der Waals surface area contributed by atoms with Crippen LogP contribution in [0.1, 0.15) is 19.3 Å². The van der Waals surface area contributed by atoms with Gasteiger partial charge in [-0.25, -0.2) is 0 Å². The SMILES string of the molecule is CN(CCN1CCNCC1)C(=O)C1CC=CCC1. The highest BCUT2D eigenvalue weighted by atomic mass is 16.2. The summed E-state index contributed by atoms with van der Waals surface area (Å²) in [5.74, 6) is 0.553. The Morgan fingerprint density at radius 3 is 2.83 bits per heavy atom. The molecular formula is C14H25N3O. The Labute approximate surface area is 110 Å². The summed E-state index contributed by atoms with van der Waals surface area (Å²) in [4.78, 5) is 16.6. The minimum Gasteiger partial charge on any atom is -0.344 e. The molecule has 2 aliphatic rings. The first-order valence-electron chi connectivity index (χ1n) is 7.10. The Kier molecular flexibility index (Phi) is 5.20. The van der Waals surface area contributed by atoms with Crippen molar-refractivity contribution in [3.05, 3.63) is 12.2 Å². The molecule has 4 heteroatoms. The highest BCUT2D eigenvalue weighted by molar-refractivity contribution is 5.78. The molecule has 0 bridgehead atoms. The Morgan fingerprint density at radius 2 is 2.17 bits per heavy atom. The zero-order valence-electron chi connectivity index (χ0n) is 11.4. The maximum Gasteiger partial charge on any atom is 0.225 e. The molecule has 0 saturated carbocycles. The number of carbonyl (C=O) groups is 1. The van der Waals surface area contributed by atoms with Gasteiger partial charge in [-0.3, -0.25) is 9.69 Å². The van der Waals surface area contributed by atoms with Crippen molar-refractivity contribution in [2.24, 2.45) is 5.92 Å². The standard InChI is InChI=1S/C14H25N3O/c1-16(11-12-17-9-7-15-8-10-17)14(18)13-5-3-2-4-6-13/h2-3,13,15H,4-12H2,1H3. The van der Waals surface area contributed by atoms with Gasteiger partial charge in [-0.15, -0.1) is 0 Å². The maximum absolute atomic E-state index is 12.2. The molecule has 0 spiro atoms. The smallest absolute Gasteiger partial charge is 0.225 e. The van der Waals surface area contributed by atoms with Gasteiger partial charge < -0.3 is 10.2 Å². The molecule has 4 nitrogen and oxygen atoms in total. The van der Waals surface area contributed by atoms with Gasteiger partial charge in [0.05, 0.1) is 0 Å². The lowest BCUT2D eigenvalue weighted by molar-refractivity contribution is -0.134. The van der Waals surface area contributed by atoms with Crippen molar-refractivity contribution in [1.82, 2.24) is 15.1 Å². The Bertz CT molecular complexity index is 297. The van der Waals surface area contributed by atoms with E-state index in [1.165, 1.54) is 0 Å². The molecule has 0 aromatic heterocycles. The summed E-state index contributed by atoms with van der Waals surface area (Å²) >= 11 is 0. The molecule has 1 aliphatic carbocycles. The Balaban J connectivity index is 1.71. The first kappa shape index (κ1) is 13.6. The molecule has 1 unspecified atom stereocenters. The van der Waals surface area contributed by atoms with Crippen molar-refractivity contribution in [1.29, 1.82) is 0 Å². The molecule has 18 heavy (non-hydrogen) atoms. The van der Waals surface area contributed by atoms with Gasteiger partial charge in [-0.05, 0) is 19.3 Å². The van der Waals surface area contributed by atoms with Gasteiger partial charge in [0.2, 0.25) is 5.91 Å². The average Bonchev–Trinajstić information content (AvgIpc) is 2.46. The van der Waals surface area contributed by atoms with E-state index in [1.54, 1.807) is 0 Å². The van der Waals surface area contributed by atoms with Gasteiger partial charge in [-0.1, -0.05) is 12.2 Å².